The molecule has 4 rings (SSSR count). The largest absolute Gasteiger partial charge is 0.364 e. The minimum Gasteiger partial charge on any atom is -0.364 e. The van der Waals surface area contributed by atoms with E-state index in [1.807, 2.05) is 24.4 Å². The Hall–Kier alpha value is -2.27. The first kappa shape index (κ1) is 16.2. The van der Waals surface area contributed by atoms with Gasteiger partial charge in [0.2, 0.25) is 0 Å². The number of nitrogens with zero attached hydrogens (tertiary/aromatic N) is 1. The molecule has 1 aromatic carbocycles. The van der Waals surface area contributed by atoms with Gasteiger partial charge in [0.15, 0.2) is 5.69 Å². The molecule has 1 saturated carbocycles. The standard InChI is InChI=1S/C19H20ClN3O2/c20-13-6-8-16-15(9-13)12(10-22-16)5-7-14-17(19(21)24)23-25-18(14)11-3-1-2-4-11/h6,8-11,22H,1-5,7H2,(H2,21,24). The molecule has 0 aliphatic heterocycles. The maximum atomic E-state index is 11.7. The number of carbonyl (C=O) groups is 1. The number of aromatic amines is 1. The summed E-state index contributed by atoms with van der Waals surface area (Å²) in [6, 6.07) is 5.80. The SMILES string of the molecule is NC(=O)c1noc(C2CCCC2)c1CCc1c[nH]c2ccc(Cl)cc12. The van der Waals surface area contributed by atoms with E-state index in [1.165, 1.54) is 12.8 Å². The second-order valence-corrected chi connectivity index (χ2v) is 7.16. The summed E-state index contributed by atoms with van der Waals surface area (Å²) < 4.78 is 5.54. The number of fused-ring (bicyclic) bond motifs is 1. The minimum absolute atomic E-state index is 0.278. The summed E-state index contributed by atoms with van der Waals surface area (Å²) in [5.74, 6) is 0.683. The van der Waals surface area contributed by atoms with Crippen LogP contribution in [0.1, 0.15) is 59.0 Å². The smallest absolute Gasteiger partial charge is 0.271 e. The number of halogens is 1. The number of nitrogens with one attached hydrogen (secondary N) is 1. The fourth-order valence-electron chi connectivity index (χ4n) is 3.88. The number of aromatic nitrogens is 2. The summed E-state index contributed by atoms with van der Waals surface area (Å²) in [5.41, 5.74) is 8.86. The van der Waals surface area contributed by atoms with Gasteiger partial charge in [-0.1, -0.05) is 29.6 Å². The molecule has 0 atom stereocenters. The van der Waals surface area contributed by atoms with Crippen molar-refractivity contribution in [1.29, 1.82) is 0 Å². The van der Waals surface area contributed by atoms with Crippen LogP contribution < -0.4 is 5.73 Å². The zero-order valence-corrected chi connectivity index (χ0v) is 14.6. The number of primary amides is 1. The fraction of sp³-hybridized carbons (Fsp3) is 0.368. The van der Waals surface area contributed by atoms with Gasteiger partial charge < -0.3 is 15.2 Å². The van der Waals surface area contributed by atoms with E-state index < -0.39 is 5.91 Å². The van der Waals surface area contributed by atoms with Crippen LogP contribution in [0.5, 0.6) is 0 Å². The van der Waals surface area contributed by atoms with E-state index in [0.29, 0.717) is 17.4 Å². The summed E-state index contributed by atoms with van der Waals surface area (Å²) in [7, 11) is 0. The molecular formula is C19H20ClN3O2. The van der Waals surface area contributed by atoms with Crippen LogP contribution in [0.3, 0.4) is 0 Å². The first-order chi connectivity index (χ1) is 12.1. The highest BCUT2D eigenvalue weighted by atomic mass is 35.5. The maximum Gasteiger partial charge on any atom is 0.271 e. The van der Waals surface area contributed by atoms with Crippen LogP contribution in [-0.2, 0) is 12.8 Å². The molecule has 1 fully saturated rings. The van der Waals surface area contributed by atoms with Crippen LogP contribution in [0.4, 0.5) is 0 Å². The van der Waals surface area contributed by atoms with Crippen LogP contribution in [0, 0.1) is 0 Å². The molecule has 25 heavy (non-hydrogen) atoms. The Balaban J connectivity index is 1.64. The van der Waals surface area contributed by atoms with E-state index >= 15 is 0 Å². The average molecular weight is 358 g/mol. The summed E-state index contributed by atoms with van der Waals surface area (Å²) >= 11 is 6.13. The van der Waals surface area contributed by atoms with E-state index in [-0.39, 0.29) is 5.69 Å². The van der Waals surface area contributed by atoms with Gasteiger partial charge in [0.25, 0.3) is 5.91 Å². The third kappa shape index (κ3) is 3.04. The van der Waals surface area contributed by atoms with Crippen molar-refractivity contribution in [3.63, 3.8) is 0 Å². The number of hydrogen-bond acceptors (Lipinski definition) is 3. The van der Waals surface area contributed by atoms with Gasteiger partial charge in [0.1, 0.15) is 5.76 Å². The molecule has 1 aliphatic rings. The van der Waals surface area contributed by atoms with Crippen molar-refractivity contribution in [2.24, 2.45) is 5.73 Å². The lowest BCUT2D eigenvalue weighted by Gasteiger charge is -2.08. The highest BCUT2D eigenvalue weighted by Crippen LogP contribution is 2.37. The predicted octanol–water partition coefficient (Wildman–Crippen LogP) is 4.35. The molecule has 6 heteroatoms. The van der Waals surface area contributed by atoms with Crippen molar-refractivity contribution < 1.29 is 9.32 Å². The molecule has 2 aromatic heterocycles. The van der Waals surface area contributed by atoms with Crippen LogP contribution in [0.25, 0.3) is 10.9 Å². The molecule has 0 unspecified atom stereocenters. The number of hydrogen-bond donors (Lipinski definition) is 2. The third-order valence-corrected chi connectivity index (χ3v) is 5.39. The number of rotatable bonds is 5. The highest BCUT2D eigenvalue weighted by molar-refractivity contribution is 6.31. The van der Waals surface area contributed by atoms with Gasteiger partial charge in [0, 0.05) is 33.6 Å². The van der Waals surface area contributed by atoms with Crippen molar-refractivity contribution >= 4 is 28.4 Å². The molecule has 0 bridgehead atoms. The Kier molecular flexibility index (Phi) is 4.25. The van der Waals surface area contributed by atoms with E-state index in [2.05, 4.69) is 10.1 Å². The quantitative estimate of drug-likeness (QED) is 0.711. The number of aryl methyl sites for hydroxylation is 1. The van der Waals surface area contributed by atoms with E-state index in [4.69, 9.17) is 21.9 Å². The maximum absolute atomic E-state index is 11.7. The Morgan fingerprint density at radius 1 is 1.32 bits per heavy atom. The van der Waals surface area contributed by atoms with E-state index in [9.17, 15) is 4.79 Å². The number of amides is 1. The first-order valence-corrected chi connectivity index (χ1v) is 9.05. The summed E-state index contributed by atoms with van der Waals surface area (Å²) in [6.07, 6.45) is 7.99. The first-order valence-electron chi connectivity index (χ1n) is 8.67. The Morgan fingerprint density at radius 3 is 2.88 bits per heavy atom. The zero-order valence-electron chi connectivity index (χ0n) is 13.8. The van der Waals surface area contributed by atoms with Crippen LogP contribution in [-0.4, -0.2) is 16.0 Å². The number of benzene rings is 1. The van der Waals surface area contributed by atoms with Gasteiger partial charge in [-0.05, 0) is 49.4 Å². The van der Waals surface area contributed by atoms with Gasteiger partial charge in [-0.25, -0.2) is 0 Å². The molecule has 0 saturated heterocycles. The monoisotopic (exact) mass is 357 g/mol. The zero-order chi connectivity index (χ0) is 17.4. The Labute approximate surface area is 150 Å². The molecule has 1 aliphatic carbocycles. The molecule has 0 spiro atoms. The van der Waals surface area contributed by atoms with Gasteiger partial charge in [-0.3, -0.25) is 4.79 Å². The lowest BCUT2D eigenvalue weighted by molar-refractivity contribution is 0.0991. The molecule has 1 amide bonds. The van der Waals surface area contributed by atoms with Crippen LogP contribution in [0.2, 0.25) is 5.02 Å². The molecule has 3 aromatic rings. The topological polar surface area (TPSA) is 84.9 Å². The average Bonchev–Trinajstić information content (AvgIpc) is 3.31. The van der Waals surface area contributed by atoms with Crippen LogP contribution in [0.15, 0.2) is 28.9 Å². The van der Waals surface area contributed by atoms with E-state index in [1.54, 1.807) is 0 Å². The lowest BCUT2D eigenvalue weighted by Crippen LogP contribution is -2.14. The minimum atomic E-state index is -0.523. The Morgan fingerprint density at radius 2 is 2.12 bits per heavy atom. The highest BCUT2D eigenvalue weighted by Gasteiger charge is 2.28. The van der Waals surface area contributed by atoms with Crippen molar-refractivity contribution in [3.8, 4) is 0 Å². The molecule has 2 heterocycles. The van der Waals surface area contributed by atoms with E-state index in [0.717, 1.165) is 47.1 Å². The fourth-order valence-corrected chi connectivity index (χ4v) is 4.06. The van der Waals surface area contributed by atoms with Gasteiger partial charge in [-0.2, -0.15) is 0 Å². The molecule has 0 radical (unpaired) electrons. The van der Waals surface area contributed by atoms with Gasteiger partial charge in [-0.15, -0.1) is 0 Å². The molecule has 5 nitrogen and oxygen atoms in total. The summed E-state index contributed by atoms with van der Waals surface area (Å²) in [4.78, 5) is 15.0. The molecule has 130 valence electrons. The van der Waals surface area contributed by atoms with Crippen molar-refractivity contribution in [3.05, 3.63) is 52.0 Å². The third-order valence-electron chi connectivity index (χ3n) is 5.15. The normalized spacial score (nSPS) is 15.2. The number of carbonyl (C=O) groups excluding carboxylic acids is 1. The second-order valence-electron chi connectivity index (χ2n) is 6.72. The van der Waals surface area contributed by atoms with Crippen molar-refractivity contribution in [2.45, 2.75) is 44.4 Å². The lowest BCUT2D eigenvalue weighted by atomic mass is 9.95. The second kappa shape index (κ2) is 6.56. The Bertz CT molecular complexity index is 922. The molecular weight excluding hydrogens is 338 g/mol. The van der Waals surface area contributed by atoms with Crippen LogP contribution >= 0.6 is 11.6 Å². The van der Waals surface area contributed by atoms with Gasteiger partial charge in [0.05, 0.1) is 0 Å². The number of H-pyrrole nitrogens is 1. The van der Waals surface area contributed by atoms with Gasteiger partial charge >= 0.3 is 0 Å². The van der Waals surface area contributed by atoms with Crippen molar-refractivity contribution in [1.82, 2.24) is 10.1 Å². The van der Waals surface area contributed by atoms with Crippen molar-refractivity contribution in [2.75, 3.05) is 0 Å². The summed E-state index contributed by atoms with van der Waals surface area (Å²) in [5, 5.41) is 5.77. The number of nitrogens with two attached hydrogens (primary N) is 1. The predicted molar refractivity (Wildman–Crippen MR) is 96.9 cm³/mol. The molecule has 3 N–H and O–H groups in total. The summed E-state index contributed by atoms with van der Waals surface area (Å²) in [6.45, 7) is 0.